The molecule has 1 aliphatic rings. The number of rotatable bonds is 7. The van der Waals surface area contributed by atoms with Crippen molar-refractivity contribution in [3.05, 3.63) is 80.0 Å². The third-order valence-electron chi connectivity index (χ3n) is 5.36. The Morgan fingerprint density at radius 3 is 2.60 bits per heavy atom. The molecule has 11 heteroatoms. The molecule has 2 aromatic rings. The minimum Gasteiger partial charge on any atom is -0.459 e. The van der Waals surface area contributed by atoms with Crippen LogP contribution in [0.4, 0.5) is 16.2 Å². The van der Waals surface area contributed by atoms with E-state index in [1.54, 1.807) is 52.0 Å². The molecule has 0 bridgehead atoms. The van der Waals surface area contributed by atoms with Gasteiger partial charge in [0.1, 0.15) is 5.02 Å². The molecule has 1 heterocycles. The predicted octanol–water partition coefficient (Wildman–Crippen LogP) is 4.81. The molecule has 1 aliphatic heterocycles. The third-order valence-corrected chi connectivity index (χ3v) is 5.68. The van der Waals surface area contributed by atoms with E-state index in [1.165, 1.54) is 17.0 Å². The van der Waals surface area contributed by atoms with Gasteiger partial charge in [0, 0.05) is 29.6 Å². The zero-order chi connectivity index (χ0) is 25.9. The highest BCUT2D eigenvalue weighted by atomic mass is 35.5. The summed E-state index contributed by atoms with van der Waals surface area (Å²) in [6.45, 7) is 7.32. The van der Waals surface area contributed by atoms with Crippen molar-refractivity contribution >= 4 is 40.9 Å². The number of benzene rings is 2. The van der Waals surface area contributed by atoms with E-state index < -0.39 is 22.8 Å². The van der Waals surface area contributed by atoms with Crippen molar-refractivity contribution in [3.8, 4) is 0 Å². The van der Waals surface area contributed by atoms with E-state index in [-0.39, 0.29) is 34.0 Å². The van der Waals surface area contributed by atoms with Crippen molar-refractivity contribution in [3.63, 3.8) is 0 Å². The predicted molar refractivity (Wildman–Crippen MR) is 130 cm³/mol. The molecular weight excluding hydrogens is 476 g/mol. The summed E-state index contributed by atoms with van der Waals surface area (Å²) in [6.07, 6.45) is -0.356. The number of nitrogens with zero attached hydrogens (tertiary/aromatic N) is 2. The van der Waals surface area contributed by atoms with Gasteiger partial charge in [0.2, 0.25) is 0 Å². The lowest BCUT2D eigenvalue weighted by molar-refractivity contribution is -0.384. The number of hydrogen-bond acceptors (Lipinski definition) is 6. The maximum Gasteiger partial charge on any atom is 0.338 e. The standard InChI is InChI=1S/C24H25ClN4O6/c1-5-28-14(4)20(23(31)35-13(2)3)21(27-24(28)32)15-7-6-8-17(11-15)26-22(30)16-9-10-18(25)19(12-16)29(33)34/h6-13,21H,5H2,1-4H3,(H,26,30)(H,27,32). The Bertz CT molecular complexity index is 1230. The van der Waals surface area contributed by atoms with Gasteiger partial charge in [0.25, 0.3) is 11.6 Å². The van der Waals surface area contributed by atoms with Gasteiger partial charge in [-0.1, -0.05) is 23.7 Å². The normalized spacial score (nSPS) is 15.7. The number of carbonyl (C=O) groups is 3. The summed E-state index contributed by atoms with van der Waals surface area (Å²) in [7, 11) is 0. The van der Waals surface area contributed by atoms with Gasteiger partial charge in [-0.2, -0.15) is 0 Å². The third kappa shape index (κ3) is 5.60. The summed E-state index contributed by atoms with van der Waals surface area (Å²) in [5.74, 6) is -1.14. The molecule has 10 nitrogen and oxygen atoms in total. The second-order valence-electron chi connectivity index (χ2n) is 8.08. The first-order valence-corrected chi connectivity index (χ1v) is 11.3. The number of nitro benzene ring substituents is 1. The Hall–Kier alpha value is -3.92. The minimum absolute atomic E-state index is 0.0491. The van der Waals surface area contributed by atoms with Crippen LogP contribution in [-0.2, 0) is 9.53 Å². The summed E-state index contributed by atoms with van der Waals surface area (Å²) < 4.78 is 5.42. The summed E-state index contributed by atoms with van der Waals surface area (Å²) in [6, 6.07) is 9.20. The second-order valence-corrected chi connectivity index (χ2v) is 8.49. The Labute approximate surface area is 207 Å². The molecule has 0 saturated heterocycles. The fourth-order valence-corrected chi connectivity index (χ4v) is 3.93. The summed E-state index contributed by atoms with van der Waals surface area (Å²) in [4.78, 5) is 50.3. The van der Waals surface area contributed by atoms with Crippen LogP contribution in [0.2, 0.25) is 5.02 Å². The highest BCUT2D eigenvalue weighted by Gasteiger charge is 2.36. The summed E-state index contributed by atoms with van der Waals surface area (Å²) in [5.41, 5.74) is 1.35. The largest absolute Gasteiger partial charge is 0.459 e. The van der Waals surface area contributed by atoms with Crippen LogP contribution in [0.5, 0.6) is 0 Å². The van der Waals surface area contributed by atoms with Gasteiger partial charge in [0.05, 0.1) is 22.6 Å². The van der Waals surface area contributed by atoms with Crippen molar-refractivity contribution < 1.29 is 24.0 Å². The molecule has 0 spiro atoms. The number of amides is 3. The molecule has 2 aromatic carbocycles. The fourth-order valence-electron chi connectivity index (χ4n) is 3.75. The number of esters is 1. The number of halogens is 1. The lowest BCUT2D eigenvalue weighted by atomic mass is 9.94. The van der Waals surface area contributed by atoms with Crippen LogP contribution in [0.25, 0.3) is 0 Å². The van der Waals surface area contributed by atoms with Gasteiger partial charge in [-0.05, 0) is 57.5 Å². The van der Waals surface area contributed by atoms with Crippen LogP contribution in [0, 0.1) is 10.1 Å². The van der Waals surface area contributed by atoms with E-state index in [1.807, 2.05) is 0 Å². The SMILES string of the molecule is CCN1C(=O)NC(c2cccc(NC(=O)c3ccc(Cl)c([N+](=O)[O-])c3)c2)C(C(=O)OC(C)C)=C1C. The Morgan fingerprint density at radius 2 is 1.97 bits per heavy atom. The number of hydrogen-bond donors (Lipinski definition) is 2. The summed E-state index contributed by atoms with van der Waals surface area (Å²) >= 11 is 5.82. The molecule has 35 heavy (non-hydrogen) atoms. The number of nitrogens with one attached hydrogen (secondary N) is 2. The lowest BCUT2D eigenvalue weighted by Crippen LogP contribution is -2.48. The molecule has 2 N–H and O–H groups in total. The number of urea groups is 1. The molecule has 0 aliphatic carbocycles. The van der Waals surface area contributed by atoms with Crippen LogP contribution in [-0.4, -0.2) is 40.4 Å². The number of carbonyl (C=O) groups excluding carboxylic acids is 3. The van der Waals surface area contributed by atoms with Crippen LogP contribution in [0.1, 0.15) is 49.7 Å². The Balaban J connectivity index is 1.94. The smallest absolute Gasteiger partial charge is 0.338 e. The van der Waals surface area contributed by atoms with Crippen molar-refractivity contribution in [2.45, 2.75) is 39.8 Å². The van der Waals surface area contributed by atoms with Gasteiger partial charge >= 0.3 is 12.0 Å². The highest BCUT2D eigenvalue weighted by molar-refractivity contribution is 6.32. The van der Waals surface area contributed by atoms with E-state index in [0.29, 0.717) is 23.5 Å². The van der Waals surface area contributed by atoms with E-state index in [9.17, 15) is 24.5 Å². The molecule has 184 valence electrons. The van der Waals surface area contributed by atoms with E-state index >= 15 is 0 Å². The topological polar surface area (TPSA) is 131 Å². The Kier molecular flexibility index (Phi) is 7.75. The zero-order valence-electron chi connectivity index (χ0n) is 19.6. The van der Waals surface area contributed by atoms with Gasteiger partial charge in [-0.25, -0.2) is 9.59 Å². The highest BCUT2D eigenvalue weighted by Crippen LogP contribution is 2.33. The first kappa shape index (κ1) is 25.7. The van der Waals surface area contributed by atoms with Crippen molar-refractivity contribution in [2.75, 3.05) is 11.9 Å². The van der Waals surface area contributed by atoms with Gasteiger partial charge in [0.15, 0.2) is 0 Å². The van der Waals surface area contributed by atoms with Crippen LogP contribution >= 0.6 is 11.6 Å². The second kappa shape index (κ2) is 10.6. The zero-order valence-corrected chi connectivity index (χ0v) is 20.4. The van der Waals surface area contributed by atoms with Crippen LogP contribution < -0.4 is 10.6 Å². The van der Waals surface area contributed by atoms with Gasteiger partial charge in [-0.15, -0.1) is 0 Å². The molecular formula is C24H25ClN4O6. The quantitative estimate of drug-likeness (QED) is 0.318. The minimum atomic E-state index is -0.801. The lowest BCUT2D eigenvalue weighted by Gasteiger charge is -2.35. The molecule has 0 radical (unpaired) electrons. The fraction of sp³-hybridized carbons (Fsp3) is 0.292. The maximum atomic E-state index is 12.9. The monoisotopic (exact) mass is 500 g/mol. The Morgan fingerprint density at radius 1 is 1.26 bits per heavy atom. The summed E-state index contributed by atoms with van der Waals surface area (Å²) in [5, 5.41) is 16.6. The van der Waals surface area contributed by atoms with Crippen LogP contribution in [0.3, 0.4) is 0 Å². The first-order chi connectivity index (χ1) is 16.5. The van der Waals surface area contributed by atoms with Crippen LogP contribution in [0.15, 0.2) is 53.7 Å². The van der Waals surface area contributed by atoms with E-state index in [4.69, 9.17) is 16.3 Å². The van der Waals surface area contributed by atoms with E-state index in [2.05, 4.69) is 10.6 Å². The van der Waals surface area contributed by atoms with E-state index in [0.717, 1.165) is 6.07 Å². The van der Waals surface area contributed by atoms with Gasteiger partial charge < -0.3 is 15.4 Å². The molecule has 3 rings (SSSR count). The number of anilines is 1. The average Bonchev–Trinajstić information content (AvgIpc) is 2.78. The van der Waals surface area contributed by atoms with Crippen molar-refractivity contribution in [2.24, 2.45) is 0 Å². The first-order valence-electron chi connectivity index (χ1n) is 10.9. The van der Waals surface area contributed by atoms with Crippen molar-refractivity contribution in [1.29, 1.82) is 0 Å². The number of ether oxygens (including phenoxy) is 1. The number of allylic oxidation sites excluding steroid dienone is 1. The molecule has 1 unspecified atom stereocenters. The maximum absolute atomic E-state index is 12.9. The molecule has 1 atom stereocenters. The molecule has 0 saturated carbocycles. The average molecular weight is 501 g/mol. The molecule has 0 aromatic heterocycles. The number of nitro groups is 1. The molecule has 3 amide bonds. The van der Waals surface area contributed by atoms with Crippen molar-refractivity contribution in [1.82, 2.24) is 10.2 Å². The molecule has 0 fully saturated rings. The van der Waals surface area contributed by atoms with Gasteiger partial charge in [-0.3, -0.25) is 19.8 Å².